The van der Waals surface area contributed by atoms with Crippen molar-refractivity contribution in [1.82, 2.24) is 20.9 Å². The molecule has 0 unspecified atom stereocenters. The van der Waals surface area contributed by atoms with Gasteiger partial charge in [0, 0.05) is 19.2 Å². The number of nitrogens with one attached hydrogen (secondary N) is 3. The van der Waals surface area contributed by atoms with Gasteiger partial charge in [0.2, 0.25) is 0 Å². The van der Waals surface area contributed by atoms with E-state index in [1.165, 1.54) is 18.5 Å². The molecule has 0 amide bonds. The predicted octanol–water partition coefficient (Wildman–Crippen LogP) is 3.93. The van der Waals surface area contributed by atoms with Crippen LogP contribution in [0.4, 0.5) is 17.1 Å². The molecule has 2 heterocycles. The average Bonchev–Trinajstić information content (AvgIpc) is 3.30. The summed E-state index contributed by atoms with van der Waals surface area (Å²) in [5.74, 6) is 0.812. The van der Waals surface area contributed by atoms with Gasteiger partial charge in [-0.05, 0) is 46.8 Å². The summed E-state index contributed by atoms with van der Waals surface area (Å²) in [5.41, 5.74) is 9.65. The summed E-state index contributed by atoms with van der Waals surface area (Å²) in [4.78, 5) is 0. The molecule has 0 saturated heterocycles. The molecule has 1 fully saturated rings. The lowest BCUT2D eigenvalue weighted by Gasteiger charge is -2.19. The van der Waals surface area contributed by atoms with Gasteiger partial charge >= 0.3 is 0 Å². The number of aromatic nitrogens is 3. The van der Waals surface area contributed by atoms with Crippen LogP contribution >= 0.6 is 15.9 Å². The molecule has 3 N–H and O–H groups in total. The molecular weight excluding hydrogens is 418 g/mol. The Morgan fingerprint density at radius 3 is 2.75 bits per heavy atom. The molecule has 5 rings (SSSR count). The second kappa shape index (κ2) is 7.10. The minimum atomic E-state index is 0.584. The van der Waals surface area contributed by atoms with Crippen molar-refractivity contribution < 1.29 is 0 Å². The van der Waals surface area contributed by atoms with Gasteiger partial charge in [0.05, 0.1) is 28.1 Å². The first-order chi connectivity index (χ1) is 13.7. The topological polar surface area (TPSA) is 72.1 Å². The summed E-state index contributed by atoms with van der Waals surface area (Å²) < 4.78 is 1.04. The molecule has 144 valence electrons. The first-order valence-corrected chi connectivity index (χ1v) is 10.3. The highest BCUT2D eigenvalue weighted by Gasteiger charge is 2.31. The molecule has 3 aromatic rings. The Kier molecular flexibility index (Phi) is 4.44. The first-order valence-electron chi connectivity index (χ1n) is 9.49. The maximum Gasteiger partial charge on any atom is 0.117 e. The van der Waals surface area contributed by atoms with Crippen molar-refractivity contribution in [2.75, 3.05) is 28.9 Å². The van der Waals surface area contributed by atoms with Crippen LogP contribution in [0.2, 0.25) is 0 Å². The van der Waals surface area contributed by atoms with Crippen molar-refractivity contribution in [3.05, 3.63) is 52.6 Å². The Bertz CT molecular complexity index is 983. The molecule has 0 spiro atoms. The number of H-pyrrole nitrogens is 1. The predicted molar refractivity (Wildman–Crippen MR) is 115 cm³/mol. The highest BCUT2D eigenvalue weighted by molar-refractivity contribution is 9.10. The molecule has 0 bridgehead atoms. The Morgan fingerprint density at radius 1 is 1.14 bits per heavy atom. The van der Waals surface area contributed by atoms with Crippen molar-refractivity contribution >= 4 is 33.0 Å². The Morgan fingerprint density at radius 2 is 1.96 bits per heavy atom. The number of hydrogen-bond acceptors (Lipinski definition) is 6. The van der Waals surface area contributed by atoms with Gasteiger partial charge in [-0.25, -0.2) is 0 Å². The minimum absolute atomic E-state index is 0.584. The number of hydrazine groups is 2. The lowest BCUT2D eigenvalue weighted by Crippen LogP contribution is -2.43. The summed E-state index contributed by atoms with van der Waals surface area (Å²) in [6.07, 6.45) is 2.67. The molecule has 1 aliphatic heterocycles. The molecule has 2 aromatic carbocycles. The number of benzene rings is 2. The van der Waals surface area contributed by atoms with Crippen LogP contribution < -0.4 is 20.9 Å². The minimum Gasteiger partial charge on any atom is -0.378 e. The van der Waals surface area contributed by atoms with Gasteiger partial charge in [-0.1, -0.05) is 30.3 Å². The van der Waals surface area contributed by atoms with Crippen LogP contribution in [-0.4, -0.2) is 29.0 Å². The van der Waals surface area contributed by atoms with E-state index in [0.29, 0.717) is 6.54 Å². The smallest absolute Gasteiger partial charge is 0.117 e. The van der Waals surface area contributed by atoms with E-state index in [1.807, 2.05) is 37.4 Å². The maximum absolute atomic E-state index is 4.33. The molecule has 0 radical (unpaired) electrons. The lowest BCUT2D eigenvalue weighted by molar-refractivity contribution is 0.620. The third-order valence-corrected chi connectivity index (χ3v) is 6.05. The van der Waals surface area contributed by atoms with Crippen molar-refractivity contribution in [2.45, 2.75) is 19.4 Å². The summed E-state index contributed by atoms with van der Waals surface area (Å²) in [6, 6.07) is 14.4. The number of fused-ring (bicyclic) bond motifs is 1. The Labute approximate surface area is 172 Å². The largest absolute Gasteiger partial charge is 0.378 e. The lowest BCUT2D eigenvalue weighted by atomic mass is 10.1. The summed E-state index contributed by atoms with van der Waals surface area (Å²) in [7, 11) is 2.05. The number of hydrogen-bond donors (Lipinski definition) is 3. The van der Waals surface area contributed by atoms with Crippen LogP contribution in [-0.2, 0) is 6.54 Å². The highest BCUT2D eigenvalue weighted by Crippen LogP contribution is 2.44. The zero-order chi connectivity index (χ0) is 19.1. The number of nitrogens with zero attached hydrogens (tertiary/aromatic N) is 4. The van der Waals surface area contributed by atoms with E-state index in [9.17, 15) is 0 Å². The average molecular weight is 440 g/mol. The van der Waals surface area contributed by atoms with Gasteiger partial charge in [-0.15, -0.1) is 5.53 Å². The summed E-state index contributed by atoms with van der Waals surface area (Å²) in [5, 5.41) is 19.2. The fourth-order valence-corrected chi connectivity index (χ4v) is 4.33. The van der Waals surface area contributed by atoms with E-state index in [-0.39, 0.29) is 0 Å². The Balaban J connectivity index is 1.36. The third kappa shape index (κ3) is 3.22. The fourth-order valence-electron chi connectivity index (χ4n) is 3.59. The van der Waals surface area contributed by atoms with Gasteiger partial charge in [-0.2, -0.15) is 15.4 Å². The molecule has 1 aromatic heterocycles. The Hall–Kier alpha value is -2.58. The van der Waals surface area contributed by atoms with Crippen LogP contribution in [0.1, 0.15) is 18.5 Å². The van der Waals surface area contributed by atoms with E-state index < -0.39 is 0 Å². The van der Waals surface area contributed by atoms with Crippen molar-refractivity contribution in [3.8, 4) is 11.3 Å². The molecule has 1 aliphatic carbocycles. The van der Waals surface area contributed by atoms with Crippen LogP contribution in [0.15, 0.2) is 46.9 Å². The molecule has 1 saturated carbocycles. The quantitative estimate of drug-likeness (QED) is 0.540. The van der Waals surface area contributed by atoms with Crippen LogP contribution in [0.25, 0.3) is 11.3 Å². The van der Waals surface area contributed by atoms with Gasteiger partial charge in [0.1, 0.15) is 11.4 Å². The van der Waals surface area contributed by atoms with E-state index in [0.717, 1.165) is 45.3 Å². The summed E-state index contributed by atoms with van der Waals surface area (Å²) in [6.45, 7) is 1.64. The zero-order valence-corrected chi connectivity index (χ0v) is 17.2. The number of rotatable bonds is 6. The van der Waals surface area contributed by atoms with Gasteiger partial charge in [0.25, 0.3) is 0 Å². The first kappa shape index (κ1) is 17.5. The number of anilines is 3. The van der Waals surface area contributed by atoms with E-state index >= 15 is 0 Å². The van der Waals surface area contributed by atoms with Crippen LogP contribution in [0.5, 0.6) is 0 Å². The van der Waals surface area contributed by atoms with Gasteiger partial charge in [-0.3, -0.25) is 10.0 Å². The van der Waals surface area contributed by atoms with Crippen molar-refractivity contribution in [3.63, 3.8) is 0 Å². The van der Waals surface area contributed by atoms with Gasteiger partial charge < -0.3 is 5.32 Å². The maximum atomic E-state index is 4.33. The second-order valence-electron chi connectivity index (χ2n) is 7.35. The second-order valence-corrected chi connectivity index (χ2v) is 8.14. The molecule has 2 aliphatic rings. The molecule has 7 nitrogen and oxygen atoms in total. The monoisotopic (exact) mass is 439 g/mol. The molecular formula is C20H22BrN7. The third-order valence-electron chi connectivity index (χ3n) is 5.24. The zero-order valence-electron chi connectivity index (χ0n) is 15.6. The SMILES string of the molecule is CN1NN(CC2CC2)c2ccc(NCc3n[nH]nc3-c3ccccc3)c(Br)c21. The van der Waals surface area contributed by atoms with Crippen molar-refractivity contribution in [1.29, 1.82) is 0 Å². The molecule has 28 heavy (non-hydrogen) atoms. The van der Waals surface area contributed by atoms with E-state index in [1.54, 1.807) is 0 Å². The number of halogens is 1. The number of aromatic amines is 1. The standard InChI is InChI=1S/C20H22BrN7/c1-27-20-17(28(26-27)12-13-7-8-13)10-9-15(18(20)21)22-11-16-19(24-25-23-16)14-5-3-2-4-6-14/h2-6,9-10,13,22,26H,7-8,11-12H2,1H3,(H,23,24,25). The highest BCUT2D eigenvalue weighted by atomic mass is 79.9. The van der Waals surface area contributed by atoms with Crippen LogP contribution in [0.3, 0.4) is 0 Å². The van der Waals surface area contributed by atoms with E-state index in [2.05, 4.69) is 64.3 Å². The van der Waals surface area contributed by atoms with E-state index in [4.69, 9.17) is 0 Å². The molecule has 0 atom stereocenters. The normalized spacial score (nSPS) is 15.8. The van der Waals surface area contributed by atoms with Gasteiger partial charge in [0.15, 0.2) is 0 Å². The van der Waals surface area contributed by atoms with Crippen molar-refractivity contribution in [2.24, 2.45) is 5.92 Å². The summed E-state index contributed by atoms with van der Waals surface area (Å²) >= 11 is 3.80. The van der Waals surface area contributed by atoms with Crippen LogP contribution in [0, 0.1) is 5.92 Å². The molecule has 8 heteroatoms. The fraction of sp³-hybridized carbons (Fsp3) is 0.300.